The predicted molar refractivity (Wildman–Crippen MR) is 71.5 cm³/mol. The van der Waals surface area contributed by atoms with Crippen LogP contribution < -0.4 is 5.32 Å². The average Bonchev–Trinajstić information content (AvgIpc) is 2.42. The summed E-state index contributed by atoms with van der Waals surface area (Å²) in [5, 5.41) is 3.49. The maximum atomic E-state index is 11.2. The molecule has 0 bridgehead atoms. The Kier molecular flexibility index (Phi) is 5.17. The highest BCUT2D eigenvalue weighted by Crippen LogP contribution is 2.37. The van der Waals surface area contributed by atoms with E-state index in [1.54, 1.807) is 0 Å². The van der Waals surface area contributed by atoms with Crippen molar-refractivity contribution in [2.45, 2.75) is 71.1 Å². The molecule has 4 heteroatoms. The second-order valence-electron chi connectivity index (χ2n) is 6.08. The van der Waals surface area contributed by atoms with Crippen LogP contribution in [0.25, 0.3) is 0 Å². The Balaban J connectivity index is 2.25. The topological polar surface area (TPSA) is 47.6 Å². The first-order valence-electron chi connectivity index (χ1n) is 6.86. The zero-order chi connectivity index (χ0) is 13.8. The zero-order valence-corrected chi connectivity index (χ0v) is 12.3. The molecule has 0 spiro atoms. The molecular weight excluding hydrogens is 230 g/mol. The van der Waals surface area contributed by atoms with E-state index in [-0.39, 0.29) is 17.2 Å². The van der Waals surface area contributed by atoms with Crippen LogP contribution in [-0.2, 0) is 14.3 Å². The Morgan fingerprint density at radius 1 is 1.39 bits per heavy atom. The highest BCUT2D eigenvalue weighted by atomic mass is 16.5. The fraction of sp³-hybridized carbons (Fsp3) is 0.929. The number of nitrogens with one attached hydrogen (secondary N) is 1. The smallest absolute Gasteiger partial charge is 0.305 e. The van der Waals surface area contributed by atoms with E-state index in [1.807, 2.05) is 6.92 Å². The van der Waals surface area contributed by atoms with Crippen LogP contribution in [0.5, 0.6) is 0 Å². The molecule has 1 fully saturated rings. The van der Waals surface area contributed by atoms with Crippen LogP contribution in [0.2, 0.25) is 0 Å². The third kappa shape index (κ3) is 4.58. The van der Waals surface area contributed by atoms with E-state index in [9.17, 15) is 4.79 Å². The van der Waals surface area contributed by atoms with Gasteiger partial charge in [0.25, 0.3) is 0 Å². The average molecular weight is 257 g/mol. The molecule has 0 aromatic rings. The Morgan fingerprint density at radius 3 is 2.56 bits per heavy atom. The fourth-order valence-electron chi connectivity index (χ4n) is 2.62. The first-order chi connectivity index (χ1) is 8.27. The summed E-state index contributed by atoms with van der Waals surface area (Å²) in [6.07, 6.45) is 2.30. The van der Waals surface area contributed by atoms with E-state index in [0.717, 1.165) is 19.4 Å². The van der Waals surface area contributed by atoms with Gasteiger partial charge in [-0.3, -0.25) is 4.79 Å². The normalized spacial score (nSPS) is 25.1. The zero-order valence-electron chi connectivity index (χ0n) is 12.3. The minimum Gasteiger partial charge on any atom is -0.466 e. The standard InChI is InChI=1S/C14H27NO3/c1-6-17-12(16)8-7-9-15-11-10-13(2,3)18-14(11,4)5/h11,15H,6-10H2,1-5H3. The van der Waals surface area contributed by atoms with Crippen molar-refractivity contribution in [3.05, 3.63) is 0 Å². The number of rotatable bonds is 6. The largest absolute Gasteiger partial charge is 0.466 e. The number of ether oxygens (including phenoxy) is 2. The Bertz CT molecular complexity index is 287. The van der Waals surface area contributed by atoms with Crippen molar-refractivity contribution in [2.24, 2.45) is 0 Å². The molecule has 18 heavy (non-hydrogen) atoms. The van der Waals surface area contributed by atoms with E-state index >= 15 is 0 Å². The Morgan fingerprint density at radius 2 is 2.06 bits per heavy atom. The number of carbonyl (C=O) groups excluding carboxylic acids is 1. The third-order valence-corrected chi connectivity index (χ3v) is 3.33. The first kappa shape index (κ1) is 15.4. The molecule has 0 saturated carbocycles. The van der Waals surface area contributed by atoms with Gasteiger partial charge in [-0.05, 0) is 54.0 Å². The van der Waals surface area contributed by atoms with Crippen LogP contribution in [0.1, 0.15) is 53.9 Å². The van der Waals surface area contributed by atoms with Crippen molar-refractivity contribution in [3.63, 3.8) is 0 Å². The monoisotopic (exact) mass is 257 g/mol. The molecule has 106 valence electrons. The number of carbonyl (C=O) groups is 1. The Labute approximate surface area is 110 Å². The van der Waals surface area contributed by atoms with Gasteiger partial charge in [0, 0.05) is 12.5 Å². The summed E-state index contributed by atoms with van der Waals surface area (Å²) >= 11 is 0. The fourth-order valence-corrected chi connectivity index (χ4v) is 2.62. The van der Waals surface area contributed by atoms with Crippen molar-refractivity contribution >= 4 is 5.97 Å². The molecule has 0 amide bonds. The summed E-state index contributed by atoms with van der Waals surface area (Å²) < 4.78 is 10.9. The molecular formula is C14H27NO3. The van der Waals surface area contributed by atoms with Crippen LogP contribution in [0, 0.1) is 0 Å². The summed E-state index contributed by atoms with van der Waals surface area (Å²) in [4.78, 5) is 11.2. The molecule has 1 saturated heterocycles. The van der Waals surface area contributed by atoms with Gasteiger partial charge in [0.1, 0.15) is 0 Å². The second kappa shape index (κ2) is 6.02. The van der Waals surface area contributed by atoms with Gasteiger partial charge in [0.15, 0.2) is 0 Å². The van der Waals surface area contributed by atoms with Crippen molar-refractivity contribution < 1.29 is 14.3 Å². The predicted octanol–water partition coefficient (Wildman–Crippen LogP) is 2.27. The van der Waals surface area contributed by atoms with Gasteiger partial charge in [-0.2, -0.15) is 0 Å². The van der Waals surface area contributed by atoms with Gasteiger partial charge < -0.3 is 14.8 Å². The highest BCUT2D eigenvalue weighted by molar-refractivity contribution is 5.69. The highest BCUT2D eigenvalue weighted by Gasteiger charge is 2.45. The first-order valence-corrected chi connectivity index (χ1v) is 6.86. The summed E-state index contributed by atoms with van der Waals surface area (Å²) in [6, 6.07) is 0.342. The number of esters is 1. The van der Waals surface area contributed by atoms with E-state index in [0.29, 0.717) is 19.1 Å². The lowest BCUT2D eigenvalue weighted by Gasteiger charge is -2.27. The lowest BCUT2D eigenvalue weighted by Crippen LogP contribution is -2.43. The number of hydrogen-bond acceptors (Lipinski definition) is 4. The van der Waals surface area contributed by atoms with E-state index in [2.05, 4.69) is 33.0 Å². The molecule has 1 aliphatic heterocycles. The van der Waals surface area contributed by atoms with Crippen molar-refractivity contribution in [1.29, 1.82) is 0 Å². The van der Waals surface area contributed by atoms with E-state index < -0.39 is 0 Å². The van der Waals surface area contributed by atoms with Crippen molar-refractivity contribution in [1.82, 2.24) is 5.32 Å². The second-order valence-corrected chi connectivity index (χ2v) is 6.08. The minimum absolute atomic E-state index is 0.0672. The third-order valence-electron chi connectivity index (χ3n) is 3.33. The molecule has 0 aromatic heterocycles. The summed E-state index contributed by atoms with van der Waals surface area (Å²) in [5.74, 6) is -0.110. The molecule has 4 nitrogen and oxygen atoms in total. The van der Waals surface area contributed by atoms with Gasteiger partial charge in [-0.25, -0.2) is 0 Å². The maximum absolute atomic E-state index is 11.2. The van der Waals surface area contributed by atoms with Gasteiger partial charge >= 0.3 is 5.97 Å². The summed E-state index contributed by atoms with van der Waals surface area (Å²) in [6.45, 7) is 11.6. The SMILES string of the molecule is CCOC(=O)CCCNC1CC(C)(C)OC1(C)C. The molecule has 0 aliphatic carbocycles. The van der Waals surface area contributed by atoms with Crippen LogP contribution in [0.15, 0.2) is 0 Å². The van der Waals surface area contributed by atoms with Gasteiger partial charge in [-0.15, -0.1) is 0 Å². The molecule has 1 unspecified atom stereocenters. The van der Waals surface area contributed by atoms with Crippen LogP contribution in [0.3, 0.4) is 0 Å². The maximum Gasteiger partial charge on any atom is 0.305 e. The molecule has 1 rings (SSSR count). The lowest BCUT2D eigenvalue weighted by molar-refractivity contribution is -0.143. The lowest BCUT2D eigenvalue weighted by atomic mass is 9.94. The van der Waals surface area contributed by atoms with Gasteiger partial charge in [-0.1, -0.05) is 0 Å². The van der Waals surface area contributed by atoms with E-state index in [1.165, 1.54) is 0 Å². The molecule has 0 aromatic carbocycles. The number of hydrogen-bond donors (Lipinski definition) is 1. The Hall–Kier alpha value is -0.610. The van der Waals surface area contributed by atoms with Crippen LogP contribution in [0.4, 0.5) is 0 Å². The van der Waals surface area contributed by atoms with Crippen molar-refractivity contribution in [2.75, 3.05) is 13.2 Å². The van der Waals surface area contributed by atoms with Crippen LogP contribution >= 0.6 is 0 Å². The quantitative estimate of drug-likeness (QED) is 0.586. The molecule has 1 atom stereocenters. The summed E-state index contributed by atoms with van der Waals surface area (Å²) in [5.41, 5.74) is -0.213. The molecule has 1 aliphatic rings. The van der Waals surface area contributed by atoms with Crippen molar-refractivity contribution in [3.8, 4) is 0 Å². The molecule has 0 radical (unpaired) electrons. The van der Waals surface area contributed by atoms with Gasteiger partial charge in [0.2, 0.25) is 0 Å². The van der Waals surface area contributed by atoms with Gasteiger partial charge in [0.05, 0.1) is 17.8 Å². The van der Waals surface area contributed by atoms with Crippen LogP contribution in [-0.4, -0.2) is 36.4 Å². The van der Waals surface area contributed by atoms with E-state index in [4.69, 9.17) is 9.47 Å². The summed E-state index contributed by atoms with van der Waals surface area (Å²) in [7, 11) is 0. The molecule has 1 heterocycles. The molecule has 1 N–H and O–H groups in total. The minimum atomic E-state index is -0.145.